The predicted molar refractivity (Wildman–Crippen MR) is 73.0 cm³/mol. The standard InChI is InChI=1S/C13H7ClN2O2S/c1-15-10-6-7-11(13(17)18)16-12(10)19-9-4-2-8(14)3-5-9/h2-7H,(H,17,18). The lowest BCUT2D eigenvalue weighted by molar-refractivity contribution is 0.0690. The van der Waals surface area contributed by atoms with Crippen molar-refractivity contribution in [2.75, 3.05) is 0 Å². The Bertz CT molecular complexity index is 665. The number of carboxylic acids is 1. The summed E-state index contributed by atoms with van der Waals surface area (Å²) < 4.78 is 0. The van der Waals surface area contributed by atoms with E-state index in [2.05, 4.69) is 9.83 Å². The van der Waals surface area contributed by atoms with Gasteiger partial charge in [-0.25, -0.2) is 14.6 Å². The number of hydrogen-bond acceptors (Lipinski definition) is 3. The van der Waals surface area contributed by atoms with Gasteiger partial charge >= 0.3 is 5.97 Å². The third kappa shape index (κ3) is 3.25. The van der Waals surface area contributed by atoms with Gasteiger partial charge in [0.2, 0.25) is 5.69 Å². The smallest absolute Gasteiger partial charge is 0.354 e. The van der Waals surface area contributed by atoms with Crippen molar-refractivity contribution in [2.45, 2.75) is 9.92 Å². The molecule has 2 rings (SSSR count). The van der Waals surface area contributed by atoms with Gasteiger partial charge in [-0.3, -0.25) is 0 Å². The number of pyridine rings is 1. The van der Waals surface area contributed by atoms with E-state index in [0.29, 0.717) is 15.7 Å². The molecule has 0 saturated carbocycles. The first-order valence-electron chi connectivity index (χ1n) is 5.15. The van der Waals surface area contributed by atoms with Crippen molar-refractivity contribution in [3.63, 3.8) is 0 Å². The average molecular weight is 291 g/mol. The quantitative estimate of drug-likeness (QED) is 0.863. The summed E-state index contributed by atoms with van der Waals surface area (Å²) in [6, 6.07) is 9.81. The molecule has 1 N–H and O–H groups in total. The fraction of sp³-hybridized carbons (Fsp3) is 0. The van der Waals surface area contributed by atoms with Crippen molar-refractivity contribution in [1.29, 1.82) is 0 Å². The first-order chi connectivity index (χ1) is 9.10. The normalized spacial score (nSPS) is 9.89. The third-order valence-electron chi connectivity index (χ3n) is 2.21. The van der Waals surface area contributed by atoms with Gasteiger partial charge in [0.05, 0.1) is 6.57 Å². The number of carbonyl (C=O) groups is 1. The molecule has 19 heavy (non-hydrogen) atoms. The maximum absolute atomic E-state index is 10.9. The average Bonchev–Trinajstić information content (AvgIpc) is 2.41. The highest BCUT2D eigenvalue weighted by Gasteiger charge is 2.11. The van der Waals surface area contributed by atoms with E-state index in [0.717, 1.165) is 4.90 Å². The molecule has 0 saturated heterocycles. The Labute approximate surface area is 118 Å². The molecule has 0 aliphatic heterocycles. The molecule has 0 bridgehead atoms. The molecule has 1 aromatic heterocycles. The third-order valence-corrected chi connectivity index (χ3v) is 3.46. The fourth-order valence-corrected chi connectivity index (χ4v) is 2.31. The SMILES string of the molecule is [C-]#[N+]c1ccc(C(=O)O)nc1Sc1ccc(Cl)cc1. The molecule has 0 radical (unpaired) electrons. The maximum Gasteiger partial charge on any atom is 0.354 e. The monoisotopic (exact) mass is 290 g/mol. The molecule has 0 unspecified atom stereocenters. The predicted octanol–water partition coefficient (Wildman–Crippen LogP) is 4.14. The Hall–Kier alpha value is -2.03. The highest BCUT2D eigenvalue weighted by Crippen LogP contribution is 2.34. The Morgan fingerprint density at radius 3 is 2.53 bits per heavy atom. The molecule has 0 spiro atoms. The minimum absolute atomic E-state index is 0.0798. The van der Waals surface area contributed by atoms with E-state index in [1.54, 1.807) is 24.3 Å². The molecular formula is C13H7ClN2O2S. The van der Waals surface area contributed by atoms with Crippen LogP contribution in [0.1, 0.15) is 10.5 Å². The second-order valence-corrected chi connectivity index (χ2v) is 4.99. The number of halogens is 1. The van der Waals surface area contributed by atoms with Gasteiger partial charge in [-0.1, -0.05) is 29.4 Å². The van der Waals surface area contributed by atoms with E-state index in [1.165, 1.54) is 23.9 Å². The highest BCUT2D eigenvalue weighted by molar-refractivity contribution is 7.99. The lowest BCUT2D eigenvalue weighted by Gasteiger charge is -2.04. The van der Waals surface area contributed by atoms with E-state index in [1.807, 2.05) is 0 Å². The van der Waals surface area contributed by atoms with Gasteiger partial charge in [0.15, 0.2) is 0 Å². The van der Waals surface area contributed by atoms with Crippen LogP contribution < -0.4 is 0 Å². The van der Waals surface area contributed by atoms with Gasteiger partial charge < -0.3 is 5.11 Å². The molecule has 0 amide bonds. The molecule has 0 aliphatic carbocycles. The summed E-state index contributed by atoms with van der Waals surface area (Å²) in [5.74, 6) is -1.12. The van der Waals surface area contributed by atoms with Crippen LogP contribution >= 0.6 is 23.4 Å². The number of hydrogen-bond donors (Lipinski definition) is 1. The molecule has 0 aliphatic rings. The van der Waals surface area contributed by atoms with E-state index < -0.39 is 5.97 Å². The zero-order chi connectivity index (χ0) is 13.8. The molecule has 94 valence electrons. The van der Waals surface area contributed by atoms with Crippen LogP contribution in [-0.4, -0.2) is 16.1 Å². The molecule has 6 heteroatoms. The van der Waals surface area contributed by atoms with Crippen molar-refractivity contribution in [1.82, 2.24) is 4.98 Å². The summed E-state index contributed by atoms with van der Waals surface area (Å²) in [6.45, 7) is 7.07. The second-order valence-electron chi connectivity index (χ2n) is 3.49. The van der Waals surface area contributed by atoms with Crippen molar-refractivity contribution in [2.24, 2.45) is 0 Å². The summed E-state index contributed by atoms with van der Waals surface area (Å²) in [7, 11) is 0. The molecule has 0 atom stereocenters. The first-order valence-corrected chi connectivity index (χ1v) is 6.35. The van der Waals surface area contributed by atoms with Crippen LogP contribution in [0.15, 0.2) is 46.3 Å². The Kier molecular flexibility index (Phi) is 4.05. The van der Waals surface area contributed by atoms with Crippen molar-refractivity contribution in [3.8, 4) is 0 Å². The molecule has 4 nitrogen and oxygen atoms in total. The van der Waals surface area contributed by atoms with Crippen molar-refractivity contribution >= 4 is 35.0 Å². The van der Waals surface area contributed by atoms with Crippen LogP contribution in [-0.2, 0) is 0 Å². The first kappa shape index (κ1) is 13.4. The Balaban J connectivity index is 2.37. The van der Waals surface area contributed by atoms with E-state index in [9.17, 15) is 4.79 Å². The van der Waals surface area contributed by atoms with Crippen LogP contribution in [0.2, 0.25) is 5.02 Å². The number of benzene rings is 1. The lowest BCUT2D eigenvalue weighted by atomic mass is 10.3. The minimum Gasteiger partial charge on any atom is -0.477 e. The zero-order valence-corrected chi connectivity index (χ0v) is 11.1. The van der Waals surface area contributed by atoms with E-state index in [4.69, 9.17) is 23.3 Å². The van der Waals surface area contributed by atoms with Gasteiger partial charge in [-0.05, 0) is 30.3 Å². The van der Waals surface area contributed by atoms with Crippen LogP contribution in [0, 0.1) is 6.57 Å². The molecule has 1 aromatic carbocycles. The van der Waals surface area contributed by atoms with E-state index in [-0.39, 0.29) is 5.69 Å². The maximum atomic E-state index is 10.9. The van der Waals surface area contributed by atoms with Gasteiger partial charge in [0.25, 0.3) is 0 Å². The Morgan fingerprint density at radius 2 is 1.95 bits per heavy atom. The van der Waals surface area contributed by atoms with Crippen molar-refractivity contribution < 1.29 is 9.90 Å². The largest absolute Gasteiger partial charge is 0.477 e. The van der Waals surface area contributed by atoms with Crippen LogP contribution in [0.4, 0.5) is 5.69 Å². The molecule has 1 heterocycles. The number of carboxylic acid groups (broad SMARTS) is 1. The van der Waals surface area contributed by atoms with Gasteiger partial charge in [-0.2, -0.15) is 0 Å². The fourth-order valence-electron chi connectivity index (χ4n) is 1.33. The molecule has 2 aromatic rings. The van der Waals surface area contributed by atoms with Gasteiger partial charge in [0.1, 0.15) is 10.7 Å². The topological polar surface area (TPSA) is 54.5 Å². The van der Waals surface area contributed by atoms with Gasteiger partial charge in [0, 0.05) is 9.92 Å². The van der Waals surface area contributed by atoms with E-state index >= 15 is 0 Å². The van der Waals surface area contributed by atoms with Crippen LogP contribution in [0.25, 0.3) is 4.85 Å². The molecule has 0 fully saturated rings. The highest BCUT2D eigenvalue weighted by atomic mass is 35.5. The summed E-state index contributed by atoms with van der Waals surface area (Å²) in [6.07, 6.45) is 0. The summed E-state index contributed by atoms with van der Waals surface area (Å²) >= 11 is 7.02. The van der Waals surface area contributed by atoms with Crippen LogP contribution in [0.5, 0.6) is 0 Å². The summed E-state index contributed by atoms with van der Waals surface area (Å²) in [5, 5.41) is 9.89. The number of aromatic nitrogens is 1. The number of aromatic carboxylic acids is 1. The minimum atomic E-state index is -1.12. The Morgan fingerprint density at radius 1 is 1.26 bits per heavy atom. The summed E-state index contributed by atoms with van der Waals surface area (Å²) in [4.78, 5) is 19.0. The van der Waals surface area contributed by atoms with Gasteiger partial charge in [-0.15, -0.1) is 0 Å². The van der Waals surface area contributed by atoms with Crippen molar-refractivity contribution in [3.05, 3.63) is 58.5 Å². The molecular weight excluding hydrogens is 284 g/mol. The number of rotatable bonds is 3. The number of nitrogens with zero attached hydrogens (tertiary/aromatic N) is 2. The second kappa shape index (κ2) is 5.74. The summed E-state index contributed by atoms with van der Waals surface area (Å²) in [5.41, 5.74) is 0.244. The van der Waals surface area contributed by atoms with Crippen LogP contribution in [0.3, 0.4) is 0 Å². The lowest BCUT2D eigenvalue weighted by Crippen LogP contribution is -2.00. The zero-order valence-electron chi connectivity index (χ0n) is 9.50.